The maximum atomic E-state index is 13.9. The average Bonchev–Trinajstić information content (AvgIpc) is 3.78. The Hall–Kier alpha value is -6.69. The SMILES string of the molecule is COC(=O)NC(C(=O)N1CC2(CC2)C[C@H]1c1ncc(-c2ccc3cc(-c4ccc(-c5cnc([C@@H]6C[C@H](C#N)CN6C(=O)[C@@H](NC(=O)OC)C(C)(C)C)[nH]5)cc4)ccc3c2)[nH]1)C(C)C. The normalized spacial score (nSPS) is 20.1. The Morgan fingerprint density at radius 1 is 0.778 bits per heavy atom. The smallest absolute Gasteiger partial charge is 0.407 e. The minimum absolute atomic E-state index is 0.109. The van der Waals surface area contributed by atoms with Crippen LogP contribution in [0.5, 0.6) is 0 Å². The summed E-state index contributed by atoms with van der Waals surface area (Å²) < 4.78 is 9.62. The van der Waals surface area contributed by atoms with Crippen molar-refractivity contribution >= 4 is 34.8 Å². The largest absolute Gasteiger partial charge is 0.453 e. The van der Waals surface area contributed by atoms with Gasteiger partial charge in [0.1, 0.15) is 23.7 Å². The summed E-state index contributed by atoms with van der Waals surface area (Å²) in [7, 11) is 2.56. The highest BCUT2D eigenvalue weighted by Gasteiger charge is 2.55. The predicted octanol–water partition coefficient (Wildman–Crippen LogP) is 7.91. The zero-order valence-corrected chi connectivity index (χ0v) is 36.8. The Morgan fingerprint density at radius 3 is 1.92 bits per heavy atom. The molecule has 4 heterocycles. The summed E-state index contributed by atoms with van der Waals surface area (Å²) in [6, 6.07) is 21.0. The van der Waals surface area contributed by atoms with E-state index in [1.807, 2.05) is 57.8 Å². The van der Waals surface area contributed by atoms with Crippen molar-refractivity contribution in [1.82, 2.24) is 40.4 Å². The molecule has 1 spiro atoms. The van der Waals surface area contributed by atoms with Crippen LogP contribution in [0, 0.1) is 34.0 Å². The van der Waals surface area contributed by atoms with Gasteiger partial charge in [-0.15, -0.1) is 0 Å². The average molecular weight is 854 g/mol. The Bertz CT molecular complexity index is 2580. The molecule has 8 rings (SSSR count). The second-order valence-electron chi connectivity index (χ2n) is 18.8. The molecular formula is C48H55N9O6. The lowest BCUT2D eigenvalue weighted by Gasteiger charge is -2.34. The van der Waals surface area contributed by atoms with Crippen molar-refractivity contribution in [1.29, 1.82) is 5.26 Å². The standard InChI is InChI=1S/C48H55N9O6/c1-27(2)39(54-45(60)62-6)43(58)57-26-48(16-17-48)21-38(57)42-51-24-36(53-42)34-15-14-32-19-31(12-13-33(32)20-34)29-8-10-30(11-9-29)35-23-50-41(52-35)37-18-28(22-49)25-56(37)44(59)40(47(3,4)5)55-46(61)63-7/h8-15,19-20,23-24,27-28,37-40H,16-18,21,25-26H2,1-7H3,(H,50,52)(H,51,53)(H,54,60)(H,55,61)/t28-,37+,38+,39?,40-/m1/s1. The molecule has 328 valence electrons. The zero-order valence-electron chi connectivity index (χ0n) is 36.8. The van der Waals surface area contributed by atoms with E-state index in [0.29, 0.717) is 18.8 Å². The molecule has 1 aliphatic carbocycles. The number of carbonyl (C=O) groups excluding carboxylic acids is 4. The minimum Gasteiger partial charge on any atom is -0.453 e. The van der Waals surface area contributed by atoms with Crippen LogP contribution in [0.25, 0.3) is 44.4 Å². The third-order valence-electron chi connectivity index (χ3n) is 13.0. The number of benzene rings is 3. The Labute approximate surface area is 366 Å². The molecular weight excluding hydrogens is 799 g/mol. The number of hydrogen-bond acceptors (Lipinski definition) is 9. The van der Waals surface area contributed by atoms with E-state index in [9.17, 15) is 24.4 Å². The first-order valence-corrected chi connectivity index (χ1v) is 21.5. The number of nitriles is 1. The third-order valence-corrected chi connectivity index (χ3v) is 13.0. The lowest BCUT2D eigenvalue weighted by molar-refractivity contribution is -0.137. The van der Waals surface area contributed by atoms with Gasteiger partial charge in [-0.2, -0.15) is 5.26 Å². The molecule has 5 atom stereocenters. The topological polar surface area (TPSA) is 198 Å². The number of nitrogens with one attached hydrogen (secondary N) is 4. The number of aromatic amines is 2. The van der Waals surface area contributed by atoms with Gasteiger partial charge >= 0.3 is 12.2 Å². The number of fused-ring (bicyclic) bond motifs is 1. The fourth-order valence-corrected chi connectivity index (χ4v) is 9.11. The van der Waals surface area contributed by atoms with Crippen molar-refractivity contribution in [3.8, 4) is 39.7 Å². The van der Waals surface area contributed by atoms with E-state index >= 15 is 0 Å². The van der Waals surface area contributed by atoms with E-state index in [1.165, 1.54) is 14.2 Å². The molecule has 4 N–H and O–H groups in total. The van der Waals surface area contributed by atoms with Crippen LogP contribution in [0.2, 0.25) is 0 Å². The number of rotatable bonds is 10. The lowest BCUT2D eigenvalue weighted by atomic mass is 9.85. The quantitative estimate of drug-likeness (QED) is 0.108. The molecule has 3 fully saturated rings. The van der Waals surface area contributed by atoms with Crippen LogP contribution in [0.4, 0.5) is 9.59 Å². The number of nitrogens with zero attached hydrogens (tertiary/aromatic N) is 5. The third kappa shape index (κ3) is 8.71. The van der Waals surface area contributed by atoms with Crippen LogP contribution in [-0.2, 0) is 19.1 Å². The van der Waals surface area contributed by atoms with Gasteiger partial charge in [0.25, 0.3) is 0 Å². The fourth-order valence-electron chi connectivity index (χ4n) is 9.11. The number of methoxy groups -OCH3 is 2. The van der Waals surface area contributed by atoms with Gasteiger partial charge < -0.3 is 39.9 Å². The van der Waals surface area contributed by atoms with Crippen LogP contribution in [0.3, 0.4) is 0 Å². The molecule has 2 saturated heterocycles. The number of H-pyrrole nitrogens is 2. The lowest BCUT2D eigenvalue weighted by Crippen LogP contribution is -2.54. The molecule has 0 bridgehead atoms. The fraction of sp³-hybridized carbons (Fsp3) is 0.438. The Morgan fingerprint density at radius 2 is 1.33 bits per heavy atom. The van der Waals surface area contributed by atoms with Crippen LogP contribution < -0.4 is 10.6 Å². The number of carbonyl (C=O) groups is 4. The van der Waals surface area contributed by atoms with Crippen molar-refractivity contribution in [2.75, 3.05) is 27.3 Å². The molecule has 4 amide bonds. The van der Waals surface area contributed by atoms with E-state index in [1.54, 1.807) is 11.1 Å². The molecule has 15 nitrogen and oxygen atoms in total. The first-order valence-electron chi connectivity index (χ1n) is 21.5. The van der Waals surface area contributed by atoms with Crippen molar-refractivity contribution in [2.45, 2.75) is 84.5 Å². The highest BCUT2D eigenvalue weighted by atomic mass is 16.5. The molecule has 63 heavy (non-hydrogen) atoms. The Balaban J connectivity index is 0.965. The number of amides is 4. The van der Waals surface area contributed by atoms with E-state index < -0.39 is 35.7 Å². The number of hydrogen-bond donors (Lipinski definition) is 4. The zero-order chi connectivity index (χ0) is 44.8. The summed E-state index contributed by atoms with van der Waals surface area (Å²) in [4.78, 5) is 72.1. The monoisotopic (exact) mass is 853 g/mol. The van der Waals surface area contributed by atoms with Crippen molar-refractivity contribution < 1.29 is 28.7 Å². The summed E-state index contributed by atoms with van der Waals surface area (Å²) in [6.07, 6.45) is 5.68. The van der Waals surface area contributed by atoms with E-state index in [2.05, 4.69) is 80.2 Å². The van der Waals surface area contributed by atoms with Gasteiger partial charge in [-0.3, -0.25) is 9.59 Å². The first-order chi connectivity index (χ1) is 30.1. The molecule has 5 aromatic rings. The summed E-state index contributed by atoms with van der Waals surface area (Å²) in [6.45, 7) is 10.3. The second kappa shape index (κ2) is 16.9. The van der Waals surface area contributed by atoms with Gasteiger partial charge in [-0.05, 0) is 82.0 Å². The predicted molar refractivity (Wildman–Crippen MR) is 236 cm³/mol. The van der Waals surface area contributed by atoms with Crippen LogP contribution in [0.1, 0.15) is 84.0 Å². The Kier molecular flexibility index (Phi) is 11.5. The van der Waals surface area contributed by atoms with Crippen molar-refractivity contribution in [3.05, 3.63) is 84.7 Å². The number of imidazole rings is 2. The van der Waals surface area contributed by atoms with Gasteiger partial charge in [0.05, 0.1) is 62.1 Å². The van der Waals surface area contributed by atoms with Crippen LogP contribution >= 0.6 is 0 Å². The van der Waals surface area contributed by atoms with Crippen molar-refractivity contribution in [3.63, 3.8) is 0 Å². The van der Waals surface area contributed by atoms with Gasteiger partial charge in [0, 0.05) is 18.7 Å². The molecule has 1 unspecified atom stereocenters. The van der Waals surface area contributed by atoms with Crippen LogP contribution in [-0.4, -0.2) is 93.1 Å². The summed E-state index contributed by atoms with van der Waals surface area (Å²) in [5, 5.41) is 17.4. The van der Waals surface area contributed by atoms with Gasteiger partial charge in [-0.1, -0.05) is 83.1 Å². The maximum Gasteiger partial charge on any atom is 0.407 e. The second-order valence-corrected chi connectivity index (χ2v) is 18.8. The van der Waals surface area contributed by atoms with Gasteiger partial charge in [0.15, 0.2) is 0 Å². The number of ether oxygens (including phenoxy) is 2. The molecule has 3 aromatic carbocycles. The number of likely N-dealkylation sites (tertiary alicyclic amines) is 2. The van der Waals surface area contributed by atoms with E-state index in [4.69, 9.17) is 14.5 Å². The molecule has 15 heteroatoms. The summed E-state index contributed by atoms with van der Waals surface area (Å²) in [5.74, 6) is 0.430. The molecule has 3 aliphatic rings. The van der Waals surface area contributed by atoms with Crippen molar-refractivity contribution in [2.24, 2.45) is 22.7 Å². The number of alkyl carbamates (subject to hydrolysis) is 2. The van der Waals surface area contributed by atoms with Gasteiger partial charge in [0.2, 0.25) is 11.8 Å². The van der Waals surface area contributed by atoms with Crippen LogP contribution in [0.15, 0.2) is 73.1 Å². The van der Waals surface area contributed by atoms with E-state index in [0.717, 1.165) is 69.5 Å². The minimum atomic E-state index is -0.861. The highest BCUT2D eigenvalue weighted by molar-refractivity contribution is 5.91. The van der Waals surface area contributed by atoms with Gasteiger partial charge in [-0.25, -0.2) is 19.6 Å². The molecule has 0 radical (unpaired) electrons. The number of aromatic nitrogens is 4. The van der Waals surface area contributed by atoms with E-state index in [-0.39, 0.29) is 41.7 Å². The molecule has 2 aliphatic heterocycles. The molecule has 1 saturated carbocycles. The highest BCUT2D eigenvalue weighted by Crippen LogP contribution is 2.58. The summed E-state index contributed by atoms with van der Waals surface area (Å²) in [5.41, 5.74) is 5.17. The molecule has 2 aromatic heterocycles. The maximum absolute atomic E-state index is 13.9. The summed E-state index contributed by atoms with van der Waals surface area (Å²) >= 11 is 0. The first kappa shape index (κ1) is 43.0.